The first-order chi connectivity index (χ1) is 17.0. The van der Waals surface area contributed by atoms with Gasteiger partial charge in [-0.2, -0.15) is 0 Å². The minimum atomic E-state index is -1.17. The lowest BCUT2D eigenvalue weighted by Crippen LogP contribution is -2.53. The van der Waals surface area contributed by atoms with Crippen LogP contribution in [0.3, 0.4) is 0 Å². The quantitative estimate of drug-likeness (QED) is 0.438. The Morgan fingerprint density at radius 1 is 1.22 bits per heavy atom. The summed E-state index contributed by atoms with van der Waals surface area (Å²) in [5.41, 5.74) is 2.48. The predicted molar refractivity (Wildman–Crippen MR) is 135 cm³/mol. The van der Waals surface area contributed by atoms with Crippen molar-refractivity contribution in [2.45, 2.75) is 51.7 Å². The molecule has 1 aliphatic rings. The molecule has 4 aromatic rings. The molecule has 2 atom stereocenters. The third-order valence-electron chi connectivity index (χ3n) is 7.41. The van der Waals surface area contributed by atoms with Crippen LogP contribution < -0.4 is 11.2 Å². The van der Waals surface area contributed by atoms with Gasteiger partial charge in [0.25, 0.3) is 5.56 Å². The zero-order chi connectivity index (χ0) is 25.9. The maximum atomic E-state index is 13.2. The number of amides is 1. The second-order valence-electron chi connectivity index (χ2n) is 10.2. The number of fused-ring (bicyclic) bond motifs is 2. The van der Waals surface area contributed by atoms with Gasteiger partial charge in [-0.3, -0.25) is 18.7 Å². The average Bonchev–Trinajstić information content (AvgIpc) is 3.44. The molecule has 11 nitrogen and oxygen atoms in total. The summed E-state index contributed by atoms with van der Waals surface area (Å²) in [5, 5.41) is 11.2. The SMILES string of the molecule is Cc1cc(C)c2nc(CCC(=O)N3CC[C@](C)(O)[C@@H](n4cnc5c4c(=O)n(C)c(=O)n5C)C3)[nH]c2c1. The van der Waals surface area contributed by atoms with E-state index in [1.165, 1.54) is 17.9 Å². The number of hydrogen-bond donors (Lipinski definition) is 2. The molecule has 5 rings (SSSR count). The van der Waals surface area contributed by atoms with E-state index in [0.717, 1.165) is 32.6 Å². The van der Waals surface area contributed by atoms with E-state index in [4.69, 9.17) is 0 Å². The molecule has 0 saturated carbocycles. The second-order valence-corrected chi connectivity index (χ2v) is 10.2. The van der Waals surface area contributed by atoms with Crippen LogP contribution in [-0.4, -0.2) is 63.3 Å². The Kier molecular flexibility index (Phi) is 5.62. The minimum absolute atomic E-state index is 0.0476. The van der Waals surface area contributed by atoms with Crippen LogP contribution in [0.5, 0.6) is 0 Å². The van der Waals surface area contributed by atoms with Crippen molar-refractivity contribution in [1.29, 1.82) is 0 Å². The molecule has 1 aromatic carbocycles. The van der Waals surface area contributed by atoms with Crippen molar-refractivity contribution < 1.29 is 9.90 Å². The van der Waals surface area contributed by atoms with Crippen molar-refractivity contribution in [2.24, 2.45) is 14.1 Å². The number of likely N-dealkylation sites (tertiary alicyclic amines) is 1. The van der Waals surface area contributed by atoms with Gasteiger partial charge in [0.2, 0.25) is 5.91 Å². The van der Waals surface area contributed by atoms with Gasteiger partial charge in [-0.15, -0.1) is 0 Å². The molecular weight excluding hydrogens is 462 g/mol. The van der Waals surface area contributed by atoms with Crippen molar-refractivity contribution in [3.8, 4) is 0 Å². The maximum absolute atomic E-state index is 13.2. The predicted octanol–water partition coefficient (Wildman–Crippen LogP) is 1.08. The molecule has 0 unspecified atom stereocenters. The first-order valence-electron chi connectivity index (χ1n) is 12.1. The highest BCUT2D eigenvalue weighted by Crippen LogP contribution is 2.33. The van der Waals surface area contributed by atoms with Crippen LogP contribution in [0.25, 0.3) is 22.2 Å². The van der Waals surface area contributed by atoms with Gasteiger partial charge >= 0.3 is 5.69 Å². The summed E-state index contributed by atoms with van der Waals surface area (Å²) in [6.07, 6.45) is 2.56. The Morgan fingerprint density at radius 2 is 1.97 bits per heavy atom. The lowest BCUT2D eigenvalue weighted by molar-refractivity contribution is -0.137. The molecule has 11 heteroatoms. The van der Waals surface area contributed by atoms with E-state index in [-0.39, 0.29) is 30.0 Å². The van der Waals surface area contributed by atoms with Crippen molar-refractivity contribution >= 4 is 28.1 Å². The molecule has 1 amide bonds. The number of imidazole rings is 2. The molecule has 36 heavy (non-hydrogen) atoms. The van der Waals surface area contributed by atoms with E-state index >= 15 is 0 Å². The third-order valence-corrected chi connectivity index (χ3v) is 7.41. The van der Waals surface area contributed by atoms with E-state index in [1.807, 2.05) is 19.9 Å². The monoisotopic (exact) mass is 493 g/mol. The van der Waals surface area contributed by atoms with Crippen LogP contribution in [0.4, 0.5) is 0 Å². The maximum Gasteiger partial charge on any atom is 0.332 e. The third kappa shape index (κ3) is 3.83. The summed E-state index contributed by atoms with van der Waals surface area (Å²) >= 11 is 0. The summed E-state index contributed by atoms with van der Waals surface area (Å²) < 4.78 is 3.95. The summed E-state index contributed by atoms with van der Waals surface area (Å²) in [4.78, 5) is 52.4. The van der Waals surface area contributed by atoms with E-state index in [9.17, 15) is 19.5 Å². The largest absolute Gasteiger partial charge is 0.388 e. The number of aryl methyl sites for hydroxylation is 4. The summed E-state index contributed by atoms with van der Waals surface area (Å²) in [6, 6.07) is 3.54. The van der Waals surface area contributed by atoms with Crippen LogP contribution in [0.1, 0.15) is 42.8 Å². The van der Waals surface area contributed by atoms with Gasteiger partial charge < -0.3 is 19.6 Å². The highest BCUT2D eigenvalue weighted by molar-refractivity contribution is 5.80. The van der Waals surface area contributed by atoms with Gasteiger partial charge in [-0.1, -0.05) is 6.07 Å². The summed E-state index contributed by atoms with van der Waals surface area (Å²) in [5.74, 6) is 0.714. The van der Waals surface area contributed by atoms with Crippen molar-refractivity contribution in [3.05, 3.63) is 56.2 Å². The molecule has 3 aromatic heterocycles. The van der Waals surface area contributed by atoms with E-state index in [1.54, 1.807) is 23.4 Å². The van der Waals surface area contributed by atoms with Crippen LogP contribution in [0.2, 0.25) is 0 Å². The normalized spacial score (nSPS) is 20.5. The number of aliphatic hydroxyl groups is 1. The molecular formula is C25H31N7O4. The smallest absolute Gasteiger partial charge is 0.332 e. The van der Waals surface area contributed by atoms with Gasteiger partial charge in [0.1, 0.15) is 5.82 Å². The van der Waals surface area contributed by atoms with Gasteiger partial charge in [-0.25, -0.2) is 14.8 Å². The Labute approximate surface area is 207 Å². The van der Waals surface area contributed by atoms with Crippen molar-refractivity contribution in [1.82, 2.24) is 33.6 Å². The number of nitrogens with zero attached hydrogens (tertiary/aromatic N) is 6. The number of hydrogen-bond acceptors (Lipinski definition) is 6. The molecule has 1 fully saturated rings. The fraction of sp³-hybridized carbons (Fsp3) is 0.480. The number of piperidine rings is 1. The number of H-pyrrole nitrogens is 1. The topological polar surface area (TPSA) is 131 Å². The van der Waals surface area contributed by atoms with E-state index < -0.39 is 22.9 Å². The van der Waals surface area contributed by atoms with Gasteiger partial charge in [0, 0.05) is 40.0 Å². The molecule has 1 aliphatic heterocycles. The molecule has 0 aliphatic carbocycles. The van der Waals surface area contributed by atoms with Gasteiger partial charge in [0.05, 0.1) is 29.0 Å². The van der Waals surface area contributed by atoms with Crippen LogP contribution in [-0.2, 0) is 25.3 Å². The molecule has 0 bridgehead atoms. The number of carbonyl (C=O) groups is 1. The molecule has 0 spiro atoms. The molecule has 2 N–H and O–H groups in total. The fourth-order valence-corrected chi connectivity index (χ4v) is 5.26. The van der Waals surface area contributed by atoms with E-state index in [0.29, 0.717) is 19.4 Å². The Hall–Kier alpha value is -3.73. The van der Waals surface area contributed by atoms with Crippen molar-refractivity contribution in [2.75, 3.05) is 13.1 Å². The van der Waals surface area contributed by atoms with Crippen molar-refractivity contribution in [3.63, 3.8) is 0 Å². The molecule has 0 radical (unpaired) electrons. The first-order valence-corrected chi connectivity index (χ1v) is 12.1. The molecule has 4 heterocycles. The second kappa shape index (κ2) is 8.44. The number of rotatable bonds is 4. The first kappa shape index (κ1) is 24.0. The number of carbonyl (C=O) groups excluding carboxylic acids is 1. The molecule has 1 saturated heterocycles. The average molecular weight is 494 g/mol. The van der Waals surface area contributed by atoms with Crippen LogP contribution >= 0.6 is 0 Å². The molecule has 190 valence electrons. The number of aromatic nitrogens is 6. The summed E-state index contributed by atoms with van der Waals surface area (Å²) in [7, 11) is 2.97. The number of nitrogens with one attached hydrogen (secondary N) is 1. The summed E-state index contributed by atoms with van der Waals surface area (Å²) in [6.45, 7) is 6.40. The number of aromatic amines is 1. The zero-order valence-electron chi connectivity index (χ0n) is 21.2. The Bertz CT molecular complexity index is 1620. The Balaban J connectivity index is 1.39. The zero-order valence-corrected chi connectivity index (χ0v) is 21.2. The highest BCUT2D eigenvalue weighted by Gasteiger charge is 2.41. The Morgan fingerprint density at radius 3 is 2.72 bits per heavy atom. The lowest BCUT2D eigenvalue weighted by Gasteiger charge is -2.43. The number of benzene rings is 1. The van der Waals surface area contributed by atoms with Crippen LogP contribution in [0, 0.1) is 13.8 Å². The standard InChI is InChI=1S/C25H31N7O4/c1-14-10-15(2)20-16(11-14)27-18(28-20)6-7-19(33)31-9-8-25(3,36)17(12-31)32-13-26-22-21(32)23(34)30(5)24(35)29(22)4/h10-11,13,17,36H,6-9,12H2,1-5H3,(H,27,28)/t17-,25-/m0/s1. The minimum Gasteiger partial charge on any atom is -0.388 e. The fourth-order valence-electron chi connectivity index (χ4n) is 5.26. The van der Waals surface area contributed by atoms with Gasteiger partial charge in [-0.05, 0) is 44.4 Å². The van der Waals surface area contributed by atoms with Gasteiger partial charge in [0.15, 0.2) is 11.2 Å². The highest BCUT2D eigenvalue weighted by atomic mass is 16.3. The van der Waals surface area contributed by atoms with E-state index in [2.05, 4.69) is 21.0 Å². The lowest BCUT2D eigenvalue weighted by atomic mass is 9.88. The van der Waals surface area contributed by atoms with Crippen LogP contribution in [0.15, 0.2) is 28.0 Å².